The molecule has 1 N–H and O–H groups in total. The average Bonchev–Trinajstić information content (AvgIpc) is 2.57. The molecule has 0 amide bonds. The minimum absolute atomic E-state index is 0.0411. The van der Waals surface area contributed by atoms with Gasteiger partial charge in [0, 0.05) is 12.1 Å². The molecule has 0 heterocycles. The van der Waals surface area contributed by atoms with Gasteiger partial charge < -0.3 is 14.6 Å². The first kappa shape index (κ1) is 15.3. The van der Waals surface area contributed by atoms with Crippen molar-refractivity contribution < 1.29 is 14.6 Å². The molecule has 0 aliphatic heterocycles. The molecule has 0 spiro atoms. The summed E-state index contributed by atoms with van der Waals surface area (Å²) in [6, 6.07) is 21.9. The Kier molecular flexibility index (Phi) is 4.69. The van der Waals surface area contributed by atoms with Gasteiger partial charge in [-0.15, -0.1) is 11.6 Å². The Balaban J connectivity index is 1.93. The topological polar surface area (TPSA) is 38.7 Å². The SMILES string of the molecule is Oc1cc(Oc2ccccc2)cc(Oc2ccccc2)c1CCl. The molecule has 23 heavy (non-hydrogen) atoms. The van der Waals surface area contributed by atoms with Crippen LogP contribution in [0.4, 0.5) is 0 Å². The highest BCUT2D eigenvalue weighted by atomic mass is 35.5. The van der Waals surface area contributed by atoms with Gasteiger partial charge in [0.2, 0.25) is 0 Å². The maximum Gasteiger partial charge on any atom is 0.139 e. The predicted octanol–water partition coefficient (Wildman–Crippen LogP) is 5.72. The number of ether oxygens (including phenoxy) is 2. The van der Waals surface area contributed by atoms with Gasteiger partial charge in [0.05, 0.1) is 11.4 Å². The van der Waals surface area contributed by atoms with Crippen molar-refractivity contribution in [2.24, 2.45) is 0 Å². The number of aromatic hydroxyl groups is 1. The Morgan fingerprint density at radius 1 is 0.739 bits per heavy atom. The second-order valence-corrected chi connectivity index (χ2v) is 5.15. The van der Waals surface area contributed by atoms with Crippen molar-refractivity contribution in [2.75, 3.05) is 0 Å². The minimum atomic E-state index is 0.0411. The molecule has 3 nitrogen and oxygen atoms in total. The molecule has 0 saturated carbocycles. The Labute approximate surface area is 139 Å². The fourth-order valence-corrected chi connectivity index (χ4v) is 2.40. The number of phenols is 1. The van der Waals surface area contributed by atoms with Crippen molar-refractivity contribution in [3.05, 3.63) is 78.4 Å². The predicted molar refractivity (Wildman–Crippen MR) is 90.7 cm³/mol. The monoisotopic (exact) mass is 326 g/mol. The van der Waals surface area contributed by atoms with E-state index in [9.17, 15) is 5.11 Å². The van der Waals surface area contributed by atoms with E-state index in [1.165, 1.54) is 6.07 Å². The highest BCUT2D eigenvalue weighted by Crippen LogP contribution is 2.38. The molecular weight excluding hydrogens is 312 g/mol. The summed E-state index contributed by atoms with van der Waals surface area (Å²) in [4.78, 5) is 0. The second-order valence-electron chi connectivity index (χ2n) is 4.88. The summed E-state index contributed by atoms with van der Waals surface area (Å²) in [6.07, 6.45) is 0. The molecule has 0 aromatic heterocycles. The van der Waals surface area contributed by atoms with E-state index in [2.05, 4.69) is 0 Å². The zero-order valence-electron chi connectivity index (χ0n) is 12.3. The number of rotatable bonds is 5. The molecule has 4 heteroatoms. The first-order valence-electron chi connectivity index (χ1n) is 7.14. The molecule has 0 fully saturated rings. The van der Waals surface area contributed by atoms with Gasteiger partial charge in [-0.05, 0) is 24.3 Å². The van der Waals surface area contributed by atoms with Crippen LogP contribution in [-0.2, 0) is 5.88 Å². The van der Waals surface area contributed by atoms with E-state index in [0.29, 0.717) is 28.6 Å². The fourth-order valence-electron chi connectivity index (χ4n) is 2.13. The van der Waals surface area contributed by atoms with Crippen LogP contribution < -0.4 is 9.47 Å². The first-order valence-corrected chi connectivity index (χ1v) is 7.67. The summed E-state index contributed by atoms with van der Waals surface area (Å²) in [6.45, 7) is 0. The third-order valence-corrected chi connectivity index (χ3v) is 3.51. The molecule has 0 radical (unpaired) electrons. The fraction of sp³-hybridized carbons (Fsp3) is 0.0526. The van der Waals surface area contributed by atoms with Crippen LogP contribution >= 0.6 is 11.6 Å². The van der Waals surface area contributed by atoms with Crippen LogP contribution in [-0.4, -0.2) is 5.11 Å². The summed E-state index contributed by atoms with van der Waals surface area (Å²) in [5, 5.41) is 10.2. The lowest BCUT2D eigenvalue weighted by Gasteiger charge is -2.14. The molecule has 116 valence electrons. The molecule has 0 atom stereocenters. The van der Waals surface area contributed by atoms with Gasteiger partial charge in [-0.3, -0.25) is 0 Å². The molecule has 0 aliphatic rings. The van der Waals surface area contributed by atoms with Crippen molar-refractivity contribution in [1.29, 1.82) is 0 Å². The minimum Gasteiger partial charge on any atom is -0.507 e. The highest BCUT2D eigenvalue weighted by molar-refractivity contribution is 6.17. The molecular formula is C19H15ClO3. The average molecular weight is 327 g/mol. The van der Waals surface area contributed by atoms with Crippen LogP contribution in [0.2, 0.25) is 0 Å². The lowest BCUT2D eigenvalue weighted by molar-refractivity contribution is 0.429. The summed E-state index contributed by atoms with van der Waals surface area (Å²) >= 11 is 5.94. The van der Waals surface area contributed by atoms with Gasteiger partial charge in [-0.25, -0.2) is 0 Å². The largest absolute Gasteiger partial charge is 0.507 e. The molecule has 0 unspecified atom stereocenters. The van der Waals surface area contributed by atoms with Gasteiger partial charge in [-0.2, -0.15) is 0 Å². The maximum atomic E-state index is 10.2. The normalized spacial score (nSPS) is 10.3. The Hall–Kier alpha value is -2.65. The van der Waals surface area contributed by atoms with Crippen LogP contribution in [0.3, 0.4) is 0 Å². The molecule has 0 saturated heterocycles. The lowest BCUT2D eigenvalue weighted by Crippen LogP contribution is -1.93. The van der Waals surface area contributed by atoms with Crippen LogP contribution in [0.15, 0.2) is 72.8 Å². The van der Waals surface area contributed by atoms with Gasteiger partial charge in [0.15, 0.2) is 0 Å². The zero-order chi connectivity index (χ0) is 16.1. The summed E-state index contributed by atoms with van der Waals surface area (Å²) < 4.78 is 11.6. The smallest absolute Gasteiger partial charge is 0.139 e. The van der Waals surface area contributed by atoms with Gasteiger partial charge >= 0.3 is 0 Å². The standard InChI is InChI=1S/C19H15ClO3/c20-13-17-18(21)11-16(22-14-7-3-1-4-8-14)12-19(17)23-15-9-5-2-6-10-15/h1-12,21H,13H2. The first-order chi connectivity index (χ1) is 11.3. The number of benzene rings is 3. The molecule has 3 aromatic rings. The Bertz CT molecular complexity index is 773. The quantitative estimate of drug-likeness (QED) is 0.610. The van der Waals surface area contributed by atoms with E-state index < -0.39 is 0 Å². The van der Waals surface area contributed by atoms with Crippen molar-refractivity contribution in [3.8, 4) is 28.7 Å². The number of para-hydroxylation sites is 2. The third kappa shape index (κ3) is 3.76. The van der Waals surface area contributed by atoms with Crippen molar-refractivity contribution in [2.45, 2.75) is 5.88 Å². The summed E-state index contributed by atoms with van der Waals surface area (Å²) in [5.41, 5.74) is 0.524. The molecule has 3 rings (SSSR count). The number of halogens is 1. The zero-order valence-corrected chi connectivity index (χ0v) is 13.0. The molecule has 0 aliphatic carbocycles. The maximum absolute atomic E-state index is 10.2. The number of alkyl halides is 1. The van der Waals surface area contributed by atoms with E-state index in [1.54, 1.807) is 6.07 Å². The van der Waals surface area contributed by atoms with Gasteiger partial charge in [0.1, 0.15) is 28.7 Å². The lowest BCUT2D eigenvalue weighted by atomic mass is 10.2. The summed E-state index contributed by atoms with van der Waals surface area (Å²) in [7, 11) is 0. The van der Waals surface area contributed by atoms with Crippen molar-refractivity contribution in [3.63, 3.8) is 0 Å². The molecule has 0 bridgehead atoms. The Morgan fingerprint density at radius 3 is 1.87 bits per heavy atom. The van der Waals surface area contributed by atoms with E-state index in [0.717, 1.165) is 0 Å². The van der Waals surface area contributed by atoms with Crippen LogP contribution in [0.25, 0.3) is 0 Å². The van der Waals surface area contributed by atoms with Crippen LogP contribution in [0, 0.1) is 0 Å². The van der Waals surface area contributed by atoms with Gasteiger partial charge in [-0.1, -0.05) is 36.4 Å². The van der Waals surface area contributed by atoms with Crippen molar-refractivity contribution >= 4 is 11.6 Å². The van der Waals surface area contributed by atoms with Crippen molar-refractivity contribution in [1.82, 2.24) is 0 Å². The van der Waals surface area contributed by atoms with Crippen LogP contribution in [0.1, 0.15) is 5.56 Å². The van der Waals surface area contributed by atoms with E-state index in [4.69, 9.17) is 21.1 Å². The Morgan fingerprint density at radius 2 is 1.30 bits per heavy atom. The van der Waals surface area contributed by atoms with E-state index >= 15 is 0 Å². The number of hydrogen-bond acceptors (Lipinski definition) is 3. The molecule has 3 aromatic carbocycles. The van der Waals surface area contributed by atoms with E-state index in [1.807, 2.05) is 60.7 Å². The second kappa shape index (κ2) is 7.07. The number of hydrogen-bond donors (Lipinski definition) is 1. The van der Waals surface area contributed by atoms with Crippen LogP contribution in [0.5, 0.6) is 28.7 Å². The highest BCUT2D eigenvalue weighted by Gasteiger charge is 2.13. The third-order valence-electron chi connectivity index (χ3n) is 3.24. The van der Waals surface area contributed by atoms with E-state index in [-0.39, 0.29) is 11.6 Å². The van der Waals surface area contributed by atoms with Gasteiger partial charge in [0.25, 0.3) is 0 Å². The summed E-state index contributed by atoms with van der Waals surface area (Å²) in [5.74, 6) is 2.47. The number of phenolic OH excluding ortho intramolecular Hbond substituents is 1.